The van der Waals surface area contributed by atoms with Gasteiger partial charge in [0.1, 0.15) is 0 Å². The molecule has 0 unspecified atom stereocenters. The van der Waals surface area contributed by atoms with Gasteiger partial charge in [-0.05, 0) is 12.5 Å². The minimum absolute atomic E-state index is 0.0236. The van der Waals surface area contributed by atoms with Gasteiger partial charge in [0.2, 0.25) is 5.95 Å². The summed E-state index contributed by atoms with van der Waals surface area (Å²) in [7, 11) is 0. The third kappa shape index (κ3) is 5.61. The number of anilines is 1. The first-order valence-corrected chi connectivity index (χ1v) is 6.54. The first kappa shape index (κ1) is 14.4. The molecule has 0 spiro atoms. The van der Waals surface area contributed by atoms with Crippen LogP contribution in [-0.4, -0.2) is 27.6 Å². The fourth-order valence-corrected chi connectivity index (χ4v) is 1.67. The summed E-state index contributed by atoms with van der Waals surface area (Å²) in [6, 6.07) is 1.39. The van der Waals surface area contributed by atoms with E-state index in [0.717, 1.165) is 13.0 Å². The molecule has 1 heterocycles. The van der Waals surface area contributed by atoms with Crippen molar-refractivity contribution in [2.24, 2.45) is 0 Å². The fraction of sp³-hybridized carbons (Fsp3) is 0.615. The second-order valence-electron chi connectivity index (χ2n) is 4.27. The zero-order valence-electron chi connectivity index (χ0n) is 10.9. The third-order valence-electron chi connectivity index (χ3n) is 2.69. The van der Waals surface area contributed by atoms with Crippen LogP contribution in [0.1, 0.15) is 55.9 Å². The Kier molecular flexibility index (Phi) is 6.76. The number of hydrogen-bond donors (Lipinski definition) is 2. The van der Waals surface area contributed by atoms with Gasteiger partial charge in [0.05, 0.1) is 0 Å². The second-order valence-corrected chi connectivity index (χ2v) is 4.27. The Balaban J connectivity index is 2.19. The summed E-state index contributed by atoms with van der Waals surface area (Å²) in [5.74, 6) is -0.636. The Labute approximate surface area is 108 Å². The highest BCUT2D eigenvalue weighted by Crippen LogP contribution is 2.06. The van der Waals surface area contributed by atoms with E-state index in [1.54, 1.807) is 0 Å². The van der Waals surface area contributed by atoms with Crippen molar-refractivity contribution in [3.05, 3.63) is 18.0 Å². The van der Waals surface area contributed by atoms with E-state index in [-0.39, 0.29) is 5.69 Å². The van der Waals surface area contributed by atoms with Crippen LogP contribution >= 0.6 is 0 Å². The Hall–Kier alpha value is -1.65. The SMILES string of the molecule is CCCCCCCCNc1nccc(C(=O)O)n1. The maximum Gasteiger partial charge on any atom is 0.354 e. The predicted octanol–water partition coefficient (Wildman–Crippen LogP) is 2.95. The van der Waals surface area contributed by atoms with Gasteiger partial charge in [0.25, 0.3) is 0 Å². The molecule has 0 saturated heterocycles. The van der Waals surface area contributed by atoms with Gasteiger partial charge in [-0.25, -0.2) is 14.8 Å². The summed E-state index contributed by atoms with van der Waals surface area (Å²) in [5, 5.41) is 11.8. The van der Waals surface area contributed by atoms with Crippen LogP contribution in [0.2, 0.25) is 0 Å². The van der Waals surface area contributed by atoms with Crippen molar-refractivity contribution >= 4 is 11.9 Å². The molecule has 1 rings (SSSR count). The molecule has 1 aromatic heterocycles. The lowest BCUT2D eigenvalue weighted by atomic mass is 10.1. The summed E-state index contributed by atoms with van der Waals surface area (Å²) in [6.45, 7) is 2.99. The van der Waals surface area contributed by atoms with E-state index >= 15 is 0 Å². The highest BCUT2D eigenvalue weighted by molar-refractivity contribution is 5.85. The van der Waals surface area contributed by atoms with Crippen molar-refractivity contribution in [1.29, 1.82) is 0 Å². The van der Waals surface area contributed by atoms with E-state index in [1.807, 2.05) is 0 Å². The summed E-state index contributed by atoms with van der Waals surface area (Å²) < 4.78 is 0. The molecule has 100 valence electrons. The molecule has 0 bridgehead atoms. The largest absolute Gasteiger partial charge is 0.477 e. The summed E-state index contributed by atoms with van der Waals surface area (Å²) in [5.41, 5.74) is 0.0236. The number of unbranched alkanes of at least 4 members (excludes halogenated alkanes) is 5. The molecule has 0 aliphatic rings. The van der Waals surface area contributed by atoms with E-state index < -0.39 is 5.97 Å². The van der Waals surface area contributed by atoms with Crippen LogP contribution in [0.25, 0.3) is 0 Å². The number of aromatic carboxylic acids is 1. The number of rotatable bonds is 9. The number of nitrogens with one attached hydrogen (secondary N) is 1. The lowest BCUT2D eigenvalue weighted by Gasteiger charge is -2.04. The minimum atomic E-state index is -1.03. The molecule has 0 aliphatic carbocycles. The van der Waals surface area contributed by atoms with Crippen molar-refractivity contribution < 1.29 is 9.90 Å². The lowest BCUT2D eigenvalue weighted by molar-refractivity contribution is 0.0690. The number of nitrogens with zero attached hydrogens (tertiary/aromatic N) is 2. The number of aromatic nitrogens is 2. The van der Waals surface area contributed by atoms with E-state index in [0.29, 0.717) is 5.95 Å². The fourth-order valence-electron chi connectivity index (χ4n) is 1.67. The summed E-state index contributed by atoms with van der Waals surface area (Å²) in [4.78, 5) is 18.6. The van der Waals surface area contributed by atoms with Crippen LogP contribution in [0.5, 0.6) is 0 Å². The molecule has 0 aromatic carbocycles. The number of carbonyl (C=O) groups is 1. The first-order valence-electron chi connectivity index (χ1n) is 6.54. The number of carboxylic acid groups (broad SMARTS) is 1. The van der Waals surface area contributed by atoms with Crippen molar-refractivity contribution in [3.63, 3.8) is 0 Å². The van der Waals surface area contributed by atoms with E-state index in [9.17, 15) is 4.79 Å². The minimum Gasteiger partial charge on any atom is -0.477 e. The van der Waals surface area contributed by atoms with Crippen LogP contribution in [-0.2, 0) is 0 Å². The van der Waals surface area contributed by atoms with Gasteiger partial charge < -0.3 is 10.4 Å². The monoisotopic (exact) mass is 251 g/mol. The molecule has 2 N–H and O–H groups in total. The van der Waals surface area contributed by atoms with Crippen LogP contribution < -0.4 is 5.32 Å². The van der Waals surface area contributed by atoms with Crippen LogP contribution in [0.4, 0.5) is 5.95 Å². The molecular formula is C13H21N3O2. The average molecular weight is 251 g/mol. The predicted molar refractivity (Wildman–Crippen MR) is 70.9 cm³/mol. The maximum absolute atomic E-state index is 10.7. The summed E-state index contributed by atoms with van der Waals surface area (Å²) in [6.07, 6.45) is 8.81. The zero-order valence-corrected chi connectivity index (χ0v) is 10.9. The van der Waals surface area contributed by atoms with Crippen molar-refractivity contribution in [1.82, 2.24) is 9.97 Å². The Morgan fingerprint density at radius 2 is 2.00 bits per heavy atom. The van der Waals surface area contributed by atoms with Crippen LogP contribution in [0.3, 0.4) is 0 Å². The van der Waals surface area contributed by atoms with E-state index in [2.05, 4.69) is 22.2 Å². The van der Waals surface area contributed by atoms with Gasteiger partial charge in [-0.15, -0.1) is 0 Å². The molecule has 5 nitrogen and oxygen atoms in total. The van der Waals surface area contributed by atoms with Crippen molar-refractivity contribution in [3.8, 4) is 0 Å². The van der Waals surface area contributed by atoms with Gasteiger partial charge in [-0.2, -0.15) is 0 Å². The topological polar surface area (TPSA) is 75.1 Å². The second kappa shape index (κ2) is 8.44. The highest BCUT2D eigenvalue weighted by atomic mass is 16.4. The maximum atomic E-state index is 10.7. The molecule has 5 heteroatoms. The molecule has 0 radical (unpaired) electrons. The normalized spacial score (nSPS) is 10.3. The lowest BCUT2D eigenvalue weighted by Crippen LogP contribution is -2.08. The standard InChI is InChI=1S/C13H21N3O2/c1-2-3-4-5-6-7-9-14-13-15-10-8-11(16-13)12(17)18/h8,10H,2-7,9H2,1H3,(H,17,18)(H,14,15,16). The first-order chi connectivity index (χ1) is 8.74. The zero-order chi connectivity index (χ0) is 13.2. The Bertz CT molecular complexity index is 369. The molecule has 0 saturated carbocycles. The number of hydrogen-bond acceptors (Lipinski definition) is 4. The highest BCUT2D eigenvalue weighted by Gasteiger charge is 2.05. The smallest absolute Gasteiger partial charge is 0.354 e. The van der Waals surface area contributed by atoms with Gasteiger partial charge in [-0.3, -0.25) is 0 Å². The van der Waals surface area contributed by atoms with Gasteiger partial charge in [0.15, 0.2) is 5.69 Å². The van der Waals surface area contributed by atoms with Crippen molar-refractivity contribution in [2.75, 3.05) is 11.9 Å². The van der Waals surface area contributed by atoms with E-state index in [4.69, 9.17) is 5.11 Å². The average Bonchev–Trinajstić information content (AvgIpc) is 2.38. The molecule has 18 heavy (non-hydrogen) atoms. The van der Waals surface area contributed by atoms with Gasteiger partial charge >= 0.3 is 5.97 Å². The Morgan fingerprint density at radius 3 is 2.72 bits per heavy atom. The quantitative estimate of drug-likeness (QED) is 0.660. The summed E-state index contributed by atoms with van der Waals surface area (Å²) >= 11 is 0. The van der Waals surface area contributed by atoms with Crippen LogP contribution in [0.15, 0.2) is 12.3 Å². The molecule has 0 amide bonds. The van der Waals surface area contributed by atoms with Crippen LogP contribution in [0, 0.1) is 0 Å². The molecule has 0 aliphatic heterocycles. The Morgan fingerprint density at radius 1 is 1.28 bits per heavy atom. The van der Waals surface area contributed by atoms with Crippen molar-refractivity contribution in [2.45, 2.75) is 45.4 Å². The molecule has 1 aromatic rings. The van der Waals surface area contributed by atoms with Gasteiger partial charge in [-0.1, -0.05) is 39.0 Å². The van der Waals surface area contributed by atoms with Gasteiger partial charge in [0, 0.05) is 12.7 Å². The molecule has 0 atom stereocenters. The third-order valence-corrected chi connectivity index (χ3v) is 2.69. The number of carboxylic acids is 1. The molecular weight excluding hydrogens is 230 g/mol. The van der Waals surface area contributed by atoms with E-state index in [1.165, 1.54) is 44.4 Å². The molecule has 0 fully saturated rings.